The van der Waals surface area contributed by atoms with E-state index < -0.39 is 0 Å². The lowest BCUT2D eigenvalue weighted by atomic mass is 10.0. The van der Waals surface area contributed by atoms with E-state index in [0.717, 1.165) is 16.9 Å². The van der Waals surface area contributed by atoms with Crippen LogP contribution in [0.4, 0.5) is 10.5 Å². The molecule has 1 aromatic heterocycles. The van der Waals surface area contributed by atoms with Gasteiger partial charge in [0, 0.05) is 18.7 Å². The maximum atomic E-state index is 12.4. The van der Waals surface area contributed by atoms with Gasteiger partial charge in [0.15, 0.2) is 0 Å². The molecule has 4 N–H and O–H groups in total. The van der Waals surface area contributed by atoms with Crippen molar-refractivity contribution in [3.63, 3.8) is 0 Å². The monoisotopic (exact) mass is 379 g/mol. The number of nitrogens with one attached hydrogen (secondary N) is 4. The fourth-order valence-corrected chi connectivity index (χ4v) is 2.90. The Morgan fingerprint density at radius 2 is 1.75 bits per heavy atom. The summed E-state index contributed by atoms with van der Waals surface area (Å²) in [5.74, 6) is 0.761. The first kappa shape index (κ1) is 19.4. The number of benzene rings is 2. The lowest BCUT2D eigenvalue weighted by Crippen LogP contribution is -2.36. The second-order valence-electron chi connectivity index (χ2n) is 6.93. The molecule has 146 valence electrons. The number of fused-ring (bicyclic) bond motifs is 1. The molecule has 0 bridgehead atoms. The van der Waals surface area contributed by atoms with Gasteiger partial charge < -0.3 is 20.9 Å². The first-order valence-corrected chi connectivity index (χ1v) is 9.37. The van der Waals surface area contributed by atoms with E-state index in [0.29, 0.717) is 5.69 Å². The molecule has 0 fully saturated rings. The van der Waals surface area contributed by atoms with Crippen LogP contribution in [0.25, 0.3) is 11.0 Å². The van der Waals surface area contributed by atoms with Crippen molar-refractivity contribution >= 4 is 28.7 Å². The van der Waals surface area contributed by atoms with Crippen LogP contribution in [0.3, 0.4) is 0 Å². The second-order valence-corrected chi connectivity index (χ2v) is 6.93. The minimum atomic E-state index is -0.336. The van der Waals surface area contributed by atoms with Crippen molar-refractivity contribution in [2.24, 2.45) is 5.92 Å². The third kappa shape index (κ3) is 5.09. The smallest absolute Gasteiger partial charge is 0.319 e. The molecule has 0 aliphatic heterocycles. The van der Waals surface area contributed by atoms with Crippen LogP contribution in [-0.4, -0.2) is 28.5 Å². The molecule has 1 atom stereocenters. The molecule has 0 saturated heterocycles. The molecule has 0 saturated carbocycles. The predicted molar refractivity (Wildman–Crippen MR) is 110 cm³/mol. The van der Waals surface area contributed by atoms with Crippen molar-refractivity contribution in [2.45, 2.75) is 26.3 Å². The number of carbonyl (C=O) groups is 2. The number of anilines is 1. The van der Waals surface area contributed by atoms with Gasteiger partial charge in [-0.25, -0.2) is 9.78 Å². The highest BCUT2D eigenvalue weighted by Gasteiger charge is 2.21. The van der Waals surface area contributed by atoms with Gasteiger partial charge in [0.25, 0.3) is 0 Å². The van der Waals surface area contributed by atoms with E-state index >= 15 is 0 Å². The number of imidazole rings is 1. The van der Waals surface area contributed by atoms with Crippen molar-refractivity contribution in [3.05, 3.63) is 60.4 Å². The van der Waals surface area contributed by atoms with E-state index in [1.807, 2.05) is 56.3 Å². The first-order valence-electron chi connectivity index (χ1n) is 9.37. The summed E-state index contributed by atoms with van der Waals surface area (Å²) in [5, 5.41) is 8.42. The summed E-state index contributed by atoms with van der Waals surface area (Å²) in [6.45, 7) is 4.31. The molecule has 28 heavy (non-hydrogen) atoms. The number of nitrogens with zero attached hydrogens (tertiary/aromatic N) is 1. The van der Waals surface area contributed by atoms with E-state index in [9.17, 15) is 9.59 Å². The quantitative estimate of drug-likeness (QED) is 0.505. The largest absolute Gasteiger partial charge is 0.346 e. The first-order chi connectivity index (χ1) is 13.5. The number of aromatic nitrogens is 2. The van der Waals surface area contributed by atoms with Crippen LogP contribution in [0.2, 0.25) is 0 Å². The number of aromatic amines is 1. The van der Waals surface area contributed by atoms with Gasteiger partial charge in [0.05, 0.1) is 17.1 Å². The van der Waals surface area contributed by atoms with Gasteiger partial charge in [-0.1, -0.05) is 44.2 Å². The zero-order valence-electron chi connectivity index (χ0n) is 16.0. The lowest BCUT2D eigenvalue weighted by molar-refractivity contribution is -0.122. The molecule has 7 nitrogen and oxygen atoms in total. The van der Waals surface area contributed by atoms with Crippen LogP contribution in [0.1, 0.15) is 32.1 Å². The third-order valence-electron chi connectivity index (χ3n) is 4.35. The molecule has 0 radical (unpaired) electrons. The molecule has 3 aromatic rings. The molecule has 1 unspecified atom stereocenters. The summed E-state index contributed by atoms with van der Waals surface area (Å²) >= 11 is 0. The zero-order valence-corrected chi connectivity index (χ0v) is 16.0. The van der Waals surface area contributed by atoms with Crippen molar-refractivity contribution in [1.82, 2.24) is 20.6 Å². The lowest BCUT2D eigenvalue weighted by Gasteiger charge is -2.20. The fraction of sp³-hybridized carbons (Fsp3) is 0.286. The Hall–Kier alpha value is -3.35. The van der Waals surface area contributed by atoms with Crippen molar-refractivity contribution in [1.29, 1.82) is 0 Å². The topological polar surface area (TPSA) is 98.9 Å². The van der Waals surface area contributed by atoms with Crippen molar-refractivity contribution < 1.29 is 9.59 Å². The third-order valence-corrected chi connectivity index (χ3v) is 4.35. The minimum absolute atomic E-state index is 0.140. The second kappa shape index (κ2) is 9.03. The van der Waals surface area contributed by atoms with Crippen LogP contribution < -0.4 is 16.0 Å². The van der Waals surface area contributed by atoms with Gasteiger partial charge in [-0.3, -0.25) is 4.79 Å². The maximum absolute atomic E-state index is 12.4. The zero-order chi connectivity index (χ0) is 19.9. The van der Waals surface area contributed by atoms with E-state index in [-0.39, 0.29) is 36.9 Å². The highest BCUT2D eigenvalue weighted by Crippen LogP contribution is 2.22. The van der Waals surface area contributed by atoms with Gasteiger partial charge in [0.1, 0.15) is 5.82 Å². The molecule has 2 aromatic carbocycles. The summed E-state index contributed by atoms with van der Waals surface area (Å²) in [4.78, 5) is 32.1. The summed E-state index contributed by atoms with van der Waals surface area (Å²) in [6, 6.07) is 16.4. The summed E-state index contributed by atoms with van der Waals surface area (Å²) in [5.41, 5.74) is 2.52. The maximum Gasteiger partial charge on any atom is 0.319 e. The number of carbonyl (C=O) groups excluding carboxylic acids is 2. The normalized spacial score (nSPS) is 12.0. The summed E-state index contributed by atoms with van der Waals surface area (Å²) < 4.78 is 0. The molecular weight excluding hydrogens is 354 g/mol. The van der Waals surface area contributed by atoms with Crippen molar-refractivity contribution in [3.8, 4) is 0 Å². The van der Waals surface area contributed by atoms with Gasteiger partial charge >= 0.3 is 6.03 Å². The van der Waals surface area contributed by atoms with Gasteiger partial charge in [-0.2, -0.15) is 0 Å². The Bertz CT molecular complexity index is 903. The van der Waals surface area contributed by atoms with Crippen molar-refractivity contribution in [2.75, 3.05) is 11.9 Å². The molecule has 0 spiro atoms. The number of H-pyrrole nitrogens is 1. The highest BCUT2D eigenvalue weighted by atomic mass is 16.2. The number of hydrogen-bond acceptors (Lipinski definition) is 3. The van der Waals surface area contributed by atoms with Gasteiger partial charge in [-0.05, 0) is 30.2 Å². The molecule has 7 heteroatoms. The molecule has 1 heterocycles. The average Bonchev–Trinajstić information content (AvgIpc) is 3.10. The Morgan fingerprint density at radius 3 is 2.46 bits per heavy atom. The fourth-order valence-electron chi connectivity index (χ4n) is 2.90. The Balaban J connectivity index is 1.51. The molecular formula is C21H25N5O2. The Kier molecular flexibility index (Phi) is 6.26. The summed E-state index contributed by atoms with van der Waals surface area (Å²) in [7, 11) is 0. The van der Waals surface area contributed by atoms with E-state index in [1.54, 1.807) is 12.1 Å². The average molecular weight is 379 g/mol. The molecule has 3 amide bonds. The molecule has 3 rings (SSSR count). The standard InChI is InChI=1S/C21H25N5O2/c1-14(2)19(20-24-16-10-6-7-11-17(16)25-20)26-18(27)12-13-22-21(28)23-15-8-4-3-5-9-15/h3-11,14,19H,12-13H2,1-2H3,(H,24,25)(H,26,27)(H2,22,23,28). The van der Waals surface area contributed by atoms with Crippen LogP contribution in [0.15, 0.2) is 54.6 Å². The SMILES string of the molecule is CC(C)C(NC(=O)CCNC(=O)Nc1ccccc1)c1nc2ccccc2[nH]1. The van der Waals surface area contributed by atoms with Crippen LogP contribution in [-0.2, 0) is 4.79 Å². The number of para-hydroxylation sites is 3. The van der Waals surface area contributed by atoms with Gasteiger partial charge in [-0.15, -0.1) is 0 Å². The summed E-state index contributed by atoms with van der Waals surface area (Å²) in [6.07, 6.45) is 0.186. The number of amides is 3. The van der Waals surface area contributed by atoms with E-state index in [2.05, 4.69) is 25.9 Å². The molecule has 0 aliphatic carbocycles. The van der Waals surface area contributed by atoms with Gasteiger partial charge in [0.2, 0.25) is 5.91 Å². The molecule has 0 aliphatic rings. The predicted octanol–water partition coefficient (Wildman–Crippen LogP) is 3.59. The highest BCUT2D eigenvalue weighted by molar-refractivity contribution is 5.89. The Labute approximate surface area is 163 Å². The minimum Gasteiger partial charge on any atom is -0.346 e. The number of hydrogen-bond donors (Lipinski definition) is 4. The van der Waals surface area contributed by atoms with Crippen LogP contribution in [0.5, 0.6) is 0 Å². The van der Waals surface area contributed by atoms with E-state index in [1.165, 1.54) is 0 Å². The van der Waals surface area contributed by atoms with E-state index in [4.69, 9.17) is 0 Å². The number of rotatable bonds is 7. The van der Waals surface area contributed by atoms with Crippen LogP contribution >= 0.6 is 0 Å². The van der Waals surface area contributed by atoms with Crippen LogP contribution in [0, 0.1) is 5.92 Å². The Morgan fingerprint density at radius 1 is 1.04 bits per heavy atom. The number of urea groups is 1.